The summed E-state index contributed by atoms with van der Waals surface area (Å²) >= 11 is 0. The molecule has 1 rings (SSSR count). The van der Waals surface area contributed by atoms with E-state index in [2.05, 4.69) is 0 Å². The predicted octanol–water partition coefficient (Wildman–Crippen LogP) is 1.40. The SMILES string of the molecule is O=C(O)C(=O)c1ccccc1.[CH3-].[Y]. The van der Waals surface area contributed by atoms with Crippen LogP contribution in [0.4, 0.5) is 0 Å². The van der Waals surface area contributed by atoms with Gasteiger partial charge in [-0.3, -0.25) is 4.79 Å². The van der Waals surface area contributed by atoms with E-state index in [4.69, 9.17) is 5.11 Å². The molecule has 13 heavy (non-hydrogen) atoms. The Morgan fingerprint density at radius 1 is 1.08 bits per heavy atom. The molecule has 0 fully saturated rings. The summed E-state index contributed by atoms with van der Waals surface area (Å²) in [5.41, 5.74) is 0.208. The maximum Gasteiger partial charge on any atom is 0.377 e. The van der Waals surface area contributed by atoms with E-state index >= 15 is 0 Å². The Hall–Kier alpha value is -0.536. The summed E-state index contributed by atoms with van der Waals surface area (Å²) < 4.78 is 0. The average Bonchev–Trinajstić information content (AvgIpc) is 2.05. The van der Waals surface area contributed by atoms with Crippen molar-refractivity contribution in [1.82, 2.24) is 0 Å². The van der Waals surface area contributed by atoms with Crippen LogP contribution in [0.15, 0.2) is 30.3 Å². The second kappa shape index (κ2) is 6.92. The number of carboxylic acid groups (broad SMARTS) is 1. The second-order valence-electron chi connectivity index (χ2n) is 2.00. The zero-order valence-corrected chi connectivity index (χ0v) is 10.1. The molecule has 0 amide bonds. The van der Waals surface area contributed by atoms with Gasteiger partial charge in [0.15, 0.2) is 0 Å². The number of hydrogen-bond acceptors (Lipinski definition) is 2. The summed E-state index contributed by atoms with van der Waals surface area (Å²) in [6.45, 7) is 0. The number of Topliss-reactive ketones (excluding diaryl/α,β-unsaturated/α-hetero) is 1. The van der Waals surface area contributed by atoms with E-state index in [1.54, 1.807) is 18.2 Å². The van der Waals surface area contributed by atoms with Crippen LogP contribution in [0.1, 0.15) is 10.4 Å². The Bertz CT molecular complexity index is 282. The van der Waals surface area contributed by atoms with Crippen molar-refractivity contribution in [3.05, 3.63) is 43.3 Å². The number of rotatable bonds is 2. The van der Waals surface area contributed by atoms with E-state index < -0.39 is 11.8 Å². The van der Waals surface area contributed by atoms with Crippen LogP contribution in [0.25, 0.3) is 0 Å². The molecule has 0 atom stereocenters. The van der Waals surface area contributed by atoms with Gasteiger partial charge >= 0.3 is 5.97 Å². The standard InChI is InChI=1S/C8H6O3.CH3.Y/c9-7(8(10)11)6-4-2-1-3-5-6;;/h1-5H,(H,10,11);1H3;/q;-1;. The van der Waals surface area contributed by atoms with E-state index in [-0.39, 0.29) is 45.7 Å². The van der Waals surface area contributed by atoms with Crippen LogP contribution < -0.4 is 0 Å². The molecule has 67 valence electrons. The van der Waals surface area contributed by atoms with Gasteiger partial charge in [-0.15, -0.1) is 0 Å². The smallest absolute Gasteiger partial charge is 0.377 e. The molecule has 0 aliphatic heterocycles. The molecule has 1 aromatic carbocycles. The Morgan fingerprint density at radius 3 is 1.92 bits per heavy atom. The second-order valence-corrected chi connectivity index (χ2v) is 2.00. The molecule has 0 aliphatic rings. The van der Waals surface area contributed by atoms with Crippen LogP contribution in [0, 0.1) is 7.43 Å². The molecule has 1 aromatic rings. The summed E-state index contributed by atoms with van der Waals surface area (Å²) in [6, 6.07) is 7.90. The topological polar surface area (TPSA) is 54.4 Å². The van der Waals surface area contributed by atoms with Gasteiger partial charge in [-0.05, 0) is 0 Å². The van der Waals surface area contributed by atoms with Crippen LogP contribution >= 0.6 is 0 Å². The Balaban J connectivity index is 0. The first-order chi connectivity index (χ1) is 5.22. The van der Waals surface area contributed by atoms with Crippen molar-refractivity contribution in [2.45, 2.75) is 0 Å². The van der Waals surface area contributed by atoms with Gasteiger partial charge in [0.05, 0.1) is 0 Å². The summed E-state index contributed by atoms with van der Waals surface area (Å²) in [7, 11) is 0. The number of carboxylic acids is 1. The monoisotopic (exact) mass is 254 g/mol. The van der Waals surface area contributed by atoms with Crippen LogP contribution in [0.3, 0.4) is 0 Å². The van der Waals surface area contributed by atoms with Gasteiger partial charge in [-0.25, -0.2) is 4.79 Å². The van der Waals surface area contributed by atoms with Crippen molar-refractivity contribution in [1.29, 1.82) is 0 Å². The first-order valence-corrected chi connectivity index (χ1v) is 3.04. The fourth-order valence-corrected chi connectivity index (χ4v) is 0.713. The molecular formula is C9H9O3Y-. The summed E-state index contributed by atoms with van der Waals surface area (Å²) in [5, 5.41) is 8.29. The third-order valence-electron chi connectivity index (χ3n) is 1.23. The van der Waals surface area contributed by atoms with Gasteiger partial charge in [-0.1, -0.05) is 30.3 Å². The summed E-state index contributed by atoms with van der Waals surface area (Å²) in [6.07, 6.45) is 0. The molecule has 1 radical (unpaired) electrons. The van der Waals surface area contributed by atoms with Crippen LogP contribution in [0.2, 0.25) is 0 Å². The van der Waals surface area contributed by atoms with E-state index in [1.165, 1.54) is 12.1 Å². The molecule has 0 bridgehead atoms. The van der Waals surface area contributed by atoms with E-state index in [9.17, 15) is 9.59 Å². The average molecular weight is 254 g/mol. The van der Waals surface area contributed by atoms with Gasteiger partial charge in [-0.2, -0.15) is 0 Å². The third-order valence-corrected chi connectivity index (χ3v) is 1.23. The van der Waals surface area contributed by atoms with Crippen LogP contribution in [-0.2, 0) is 37.5 Å². The molecule has 0 saturated heterocycles. The normalized spacial score (nSPS) is 7.69. The van der Waals surface area contributed by atoms with Gasteiger partial charge in [0, 0.05) is 38.3 Å². The number of carbonyl (C=O) groups excluding carboxylic acids is 1. The molecule has 4 heteroatoms. The molecule has 0 spiro atoms. The molecule has 0 saturated carbocycles. The molecule has 0 heterocycles. The third kappa shape index (κ3) is 4.29. The maximum atomic E-state index is 10.7. The van der Waals surface area contributed by atoms with Gasteiger partial charge in [0.25, 0.3) is 5.78 Å². The maximum absolute atomic E-state index is 10.7. The van der Waals surface area contributed by atoms with Crippen molar-refractivity contribution in [2.75, 3.05) is 0 Å². The van der Waals surface area contributed by atoms with Crippen molar-refractivity contribution in [2.24, 2.45) is 0 Å². The first kappa shape index (κ1) is 15.0. The molecule has 3 nitrogen and oxygen atoms in total. The van der Waals surface area contributed by atoms with Crippen molar-refractivity contribution in [3.8, 4) is 0 Å². The minimum atomic E-state index is -1.42. The minimum absolute atomic E-state index is 0. The van der Waals surface area contributed by atoms with Gasteiger partial charge < -0.3 is 12.5 Å². The largest absolute Gasteiger partial charge is 0.475 e. The molecule has 1 N–H and O–H groups in total. The van der Waals surface area contributed by atoms with E-state index in [0.717, 1.165) is 0 Å². The molecule has 0 unspecified atom stereocenters. The number of aliphatic carboxylic acids is 1. The Kier molecular flexibility index (Phi) is 7.97. The van der Waals surface area contributed by atoms with Crippen molar-refractivity contribution in [3.63, 3.8) is 0 Å². The van der Waals surface area contributed by atoms with Gasteiger partial charge in [0.1, 0.15) is 0 Å². The van der Waals surface area contributed by atoms with Gasteiger partial charge in [0.2, 0.25) is 0 Å². The number of ketones is 1. The van der Waals surface area contributed by atoms with E-state index in [1.807, 2.05) is 0 Å². The number of hydrogen-bond donors (Lipinski definition) is 1. The van der Waals surface area contributed by atoms with E-state index in [0.29, 0.717) is 0 Å². The van der Waals surface area contributed by atoms with Crippen molar-refractivity contribution < 1.29 is 47.4 Å². The minimum Gasteiger partial charge on any atom is -0.475 e. The summed E-state index contributed by atoms with van der Waals surface area (Å²) in [4.78, 5) is 20.9. The fourth-order valence-electron chi connectivity index (χ4n) is 0.713. The molecular weight excluding hydrogens is 245 g/mol. The van der Waals surface area contributed by atoms with Crippen LogP contribution in [-0.4, -0.2) is 16.9 Å². The summed E-state index contributed by atoms with van der Waals surface area (Å²) in [5.74, 6) is -2.29. The molecule has 0 aromatic heterocycles. The predicted molar refractivity (Wildman–Crippen MR) is 44.8 cm³/mol. The quantitative estimate of drug-likeness (QED) is 0.493. The zero-order chi connectivity index (χ0) is 8.27. The van der Waals surface area contributed by atoms with Crippen LogP contribution in [0.5, 0.6) is 0 Å². The number of carbonyl (C=O) groups is 2. The fraction of sp³-hybridized carbons (Fsp3) is 0. The van der Waals surface area contributed by atoms with Crippen molar-refractivity contribution >= 4 is 11.8 Å². The Labute approximate surface area is 102 Å². The number of benzene rings is 1. The molecule has 0 aliphatic carbocycles. The Morgan fingerprint density at radius 2 is 1.54 bits per heavy atom. The zero-order valence-electron chi connectivity index (χ0n) is 7.23. The first-order valence-electron chi connectivity index (χ1n) is 3.04.